The van der Waals surface area contributed by atoms with Gasteiger partial charge in [0.25, 0.3) is 10.0 Å². The number of sulfonamides is 2. The number of nitrogens with one attached hydrogen (secondary N) is 1. The Balaban J connectivity index is 2.40. The summed E-state index contributed by atoms with van der Waals surface area (Å²) in [5, 5.41) is 0. The minimum atomic E-state index is -4.97. The normalized spacial score (nSPS) is 12.8. The second-order valence-corrected chi connectivity index (χ2v) is 9.79. The van der Waals surface area contributed by atoms with Crippen molar-refractivity contribution in [2.45, 2.75) is 36.9 Å². The Kier molecular flexibility index (Phi) is 7.05. The monoisotopic (exact) mass is 466 g/mol. The maximum Gasteiger partial charge on any atom is 0.573 e. The van der Waals surface area contributed by atoms with Crippen molar-refractivity contribution in [3.63, 3.8) is 0 Å². The third kappa shape index (κ3) is 5.64. The first kappa shape index (κ1) is 24.0. The van der Waals surface area contributed by atoms with E-state index in [1.165, 1.54) is 22.5 Å². The van der Waals surface area contributed by atoms with Crippen LogP contribution >= 0.6 is 0 Å². The van der Waals surface area contributed by atoms with E-state index >= 15 is 0 Å². The highest BCUT2D eigenvalue weighted by atomic mass is 32.2. The molecule has 0 bridgehead atoms. The van der Waals surface area contributed by atoms with Crippen LogP contribution in [0.5, 0.6) is 5.75 Å². The second kappa shape index (κ2) is 8.82. The van der Waals surface area contributed by atoms with E-state index in [4.69, 9.17) is 0 Å². The van der Waals surface area contributed by atoms with E-state index in [1.807, 2.05) is 0 Å². The highest BCUT2D eigenvalue weighted by molar-refractivity contribution is 7.92. The predicted molar refractivity (Wildman–Crippen MR) is 105 cm³/mol. The molecule has 0 saturated heterocycles. The molecule has 0 radical (unpaired) electrons. The van der Waals surface area contributed by atoms with Gasteiger partial charge in [-0.3, -0.25) is 4.72 Å². The van der Waals surface area contributed by atoms with Gasteiger partial charge in [-0.05, 0) is 36.8 Å². The molecule has 0 heterocycles. The molecule has 12 heteroatoms. The zero-order valence-corrected chi connectivity index (χ0v) is 18.0. The fourth-order valence-electron chi connectivity index (χ4n) is 2.70. The molecule has 1 N–H and O–H groups in total. The molecule has 7 nitrogen and oxygen atoms in total. The number of alkyl halides is 3. The van der Waals surface area contributed by atoms with Gasteiger partial charge in [0, 0.05) is 19.2 Å². The Hall–Kier alpha value is -2.31. The summed E-state index contributed by atoms with van der Waals surface area (Å²) >= 11 is 0. The first-order valence-corrected chi connectivity index (χ1v) is 11.7. The summed E-state index contributed by atoms with van der Waals surface area (Å²) in [4.78, 5) is -0.543. The van der Waals surface area contributed by atoms with Crippen LogP contribution in [0, 0.1) is 6.92 Å². The van der Waals surface area contributed by atoms with E-state index in [-0.39, 0.29) is 23.7 Å². The van der Waals surface area contributed by atoms with Gasteiger partial charge in [-0.2, -0.15) is 4.31 Å². The van der Waals surface area contributed by atoms with Crippen LogP contribution in [-0.4, -0.2) is 40.6 Å². The predicted octanol–water partition coefficient (Wildman–Crippen LogP) is 3.72. The molecule has 0 aliphatic rings. The lowest BCUT2D eigenvalue weighted by molar-refractivity contribution is -0.274. The molecule has 0 fully saturated rings. The lowest BCUT2D eigenvalue weighted by Gasteiger charge is -2.20. The number of benzene rings is 2. The van der Waals surface area contributed by atoms with E-state index in [0.717, 1.165) is 24.3 Å². The largest absolute Gasteiger partial charge is 0.573 e. The van der Waals surface area contributed by atoms with Crippen LogP contribution < -0.4 is 9.46 Å². The SMILES string of the molecule is CCN(CC)S(=O)(=O)c1cc(NS(=O)(=O)c2cccc(OC(F)(F)F)c2)ccc1C. The van der Waals surface area contributed by atoms with Crippen molar-refractivity contribution in [3.8, 4) is 5.75 Å². The molecule has 2 aromatic rings. The topological polar surface area (TPSA) is 92.8 Å². The van der Waals surface area contributed by atoms with Crippen LogP contribution in [0.3, 0.4) is 0 Å². The number of ether oxygens (including phenoxy) is 1. The van der Waals surface area contributed by atoms with Gasteiger partial charge in [0.05, 0.1) is 15.5 Å². The Morgan fingerprint density at radius 3 is 2.20 bits per heavy atom. The quantitative estimate of drug-likeness (QED) is 0.640. The van der Waals surface area contributed by atoms with Crippen LogP contribution in [0.15, 0.2) is 52.3 Å². The van der Waals surface area contributed by atoms with E-state index in [1.54, 1.807) is 20.8 Å². The van der Waals surface area contributed by atoms with Gasteiger partial charge in [0.2, 0.25) is 10.0 Å². The summed E-state index contributed by atoms with van der Waals surface area (Å²) in [6, 6.07) is 7.86. The molecular weight excluding hydrogens is 445 g/mol. The molecule has 2 rings (SSSR count). The summed E-state index contributed by atoms with van der Waals surface area (Å²) < 4.78 is 95.1. The number of rotatable bonds is 8. The van der Waals surface area contributed by atoms with Gasteiger partial charge in [-0.15, -0.1) is 13.2 Å². The van der Waals surface area contributed by atoms with Gasteiger partial charge < -0.3 is 4.74 Å². The van der Waals surface area contributed by atoms with Crippen molar-refractivity contribution in [3.05, 3.63) is 48.0 Å². The molecule has 0 saturated carbocycles. The van der Waals surface area contributed by atoms with Crippen molar-refractivity contribution < 1.29 is 34.7 Å². The number of nitrogens with zero attached hydrogens (tertiary/aromatic N) is 1. The minimum absolute atomic E-state index is 0.0477. The summed E-state index contributed by atoms with van der Waals surface area (Å²) in [5.41, 5.74) is 0.374. The molecule has 0 amide bonds. The number of anilines is 1. The highest BCUT2D eigenvalue weighted by Gasteiger charge is 2.31. The van der Waals surface area contributed by atoms with Gasteiger partial charge >= 0.3 is 6.36 Å². The Morgan fingerprint density at radius 2 is 1.63 bits per heavy atom. The fourth-order valence-corrected chi connectivity index (χ4v) is 5.49. The number of aryl methyl sites for hydroxylation is 1. The first-order valence-electron chi connectivity index (χ1n) is 8.79. The first-order chi connectivity index (χ1) is 13.8. The second-order valence-electron chi connectivity index (χ2n) is 6.20. The lowest BCUT2D eigenvalue weighted by Crippen LogP contribution is -2.31. The van der Waals surface area contributed by atoms with Crippen molar-refractivity contribution in [2.75, 3.05) is 17.8 Å². The maximum absolute atomic E-state index is 12.8. The molecule has 0 aliphatic carbocycles. The van der Waals surface area contributed by atoms with E-state index in [0.29, 0.717) is 5.56 Å². The van der Waals surface area contributed by atoms with Gasteiger partial charge in [0.1, 0.15) is 5.75 Å². The molecule has 0 aliphatic heterocycles. The van der Waals surface area contributed by atoms with Crippen molar-refractivity contribution >= 4 is 25.7 Å². The zero-order valence-electron chi connectivity index (χ0n) is 16.4. The van der Waals surface area contributed by atoms with Crippen LogP contribution in [-0.2, 0) is 20.0 Å². The van der Waals surface area contributed by atoms with Crippen molar-refractivity contribution in [2.24, 2.45) is 0 Å². The zero-order chi connectivity index (χ0) is 22.7. The van der Waals surface area contributed by atoms with Crippen LogP contribution in [0.1, 0.15) is 19.4 Å². The molecular formula is C18H21F3N2O5S2. The molecule has 166 valence electrons. The Morgan fingerprint density at radius 1 is 1.00 bits per heavy atom. The molecule has 0 unspecified atom stereocenters. The number of halogens is 3. The number of hydrogen-bond acceptors (Lipinski definition) is 5. The number of hydrogen-bond donors (Lipinski definition) is 1. The van der Waals surface area contributed by atoms with Crippen molar-refractivity contribution in [1.82, 2.24) is 4.31 Å². The lowest BCUT2D eigenvalue weighted by atomic mass is 10.2. The molecule has 0 spiro atoms. The van der Waals surface area contributed by atoms with Gasteiger partial charge in [0.15, 0.2) is 0 Å². The van der Waals surface area contributed by atoms with Crippen molar-refractivity contribution in [1.29, 1.82) is 0 Å². The molecule has 0 aromatic heterocycles. The minimum Gasteiger partial charge on any atom is -0.406 e. The summed E-state index contributed by atoms with van der Waals surface area (Å²) in [5.74, 6) is -0.695. The summed E-state index contributed by atoms with van der Waals surface area (Å²) in [6.07, 6.45) is -4.97. The van der Waals surface area contributed by atoms with Crippen LogP contribution in [0.25, 0.3) is 0 Å². The third-order valence-electron chi connectivity index (χ3n) is 4.11. The molecule has 0 atom stereocenters. The van der Waals surface area contributed by atoms with Crippen LogP contribution in [0.2, 0.25) is 0 Å². The molecule has 2 aromatic carbocycles. The van der Waals surface area contributed by atoms with E-state index < -0.39 is 37.1 Å². The van der Waals surface area contributed by atoms with Gasteiger partial charge in [-0.25, -0.2) is 16.8 Å². The van der Waals surface area contributed by atoms with E-state index in [2.05, 4.69) is 9.46 Å². The third-order valence-corrected chi connectivity index (χ3v) is 7.68. The standard InChI is InChI=1S/C18H21F3N2O5S2/c1-4-23(5-2)30(26,27)17-11-14(10-9-13(17)3)22-29(24,25)16-8-6-7-15(12-16)28-18(19,20)21/h6-12,22H,4-5H2,1-3H3. The van der Waals surface area contributed by atoms with Crippen LogP contribution in [0.4, 0.5) is 18.9 Å². The average molecular weight is 467 g/mol. The molecule has 30 heavy (non-hydrogen) atoms. The highest BCUT2D eigenvalue weighted by Crippen LogP contribution is 2.28. The fraction of sp³-hybridized carbons (Fsp3) is 0.333. The average Bonchev–Trinajstić information content (AvgIpc) is 2.62. The maximum atomic E-state index is 12.8. The Bertz CT molecular complexity index is 1110. The van der Waals surface area contributed by atoms with E-state index in [9.17, 15) is 30.0 Å². The summed E-state index contributed by atoms with van der Waals surface area (Å²) in [7, 11) is -8.15. The Labute approximate surface area is 173 Å². The summed E-state index contributed by atoms with van der Waals surface area (Å²) in [6.45, 7) is 5.41. The smallest absolute Gasteiger partial charge is 0.406 e. The van der Waals surface area contributed by atoms with Gasteiger partial charge in [-0.1, -0.05) is 26.0 Å².